The Labute approximate surface area is 57.3 Å². The molecule has 0 spiro atoms. The summed E-state index contributed by atoms with van der Waals surface area (Å²) in [5.74, 6) is 0.392. The van der Waals surface area contributed by atoms with Gasteiger partial charge in [-0.3, -0.25) is 0 Å². The molecule has 1 saturated heterocycles. The fraction of sp³-hybridized carbons (Fsp3) is 1.00. The van der Waals surface area contributed by atoms with Gasteiger partial charge in [0.15, 0.2) is 9.84 Å². The van der Waals surface area contributed by atoms with Crippen molar-refractivity contribution in [3.8, 4) is 0 Å². The van der Waals surface area contributed by atoms with Gasteiger partial charge in [-0.25, -0.2) is 8.42 Å². The minimum absolute atomic E-state index is 0.0810. The number of hydrogen-bond acceptors (Lipinski definition) is 2. The molecule has 0 aromatic carbocycles. The van der Waals surface area contributed by atoms with Gasteiger partial charge in [0, 0.05) is 5.33 Å². The van der Waals surface area contributed by atoms with Crippen LogP contribution in [0, 0.1) is 0 Å². The van der Waals surface area contributed by atoms with E-state index in [1.807, 2.05) is 0 Å². The Morgan fingerprint density at radius 2 is 2.25 bits per heavy atom. The molecule has 1 atom stereocenters. The molecule has 0 aliphatic carbocycles. The van der Waals surface area contributed by atoms with Crippen molar-refractivity contribution in [1.82, 2.24) is 0 Å². The molecule has 0 bridgehead atoms. The van der Waals surface area contributed by atoms with E-state index < -0.39 is 9.84 Å². The van der Waals surface area contributed by atoms with Gasteiger partial charge in [-0.15, -0.1) is 0 Å². The normalized spacial score (nSPS) is 33.9. The molecule has 8 heavy (non-hydrogen) atoms. The van der Waals surface area contributed by atoms with Crippen LogP contribution in [0.5, 0.6) is 0 Å². The number of hydrogen-bond donors (Lipinski definition) is 0. The lowest BCUT2D eigenvalue weighted by Gasteiger charge is -2.23. The van der Waals surface area contributed by atoms with Crippen molar-refractivity contribution in [1.29, 1.82) is 0 Å². The predicted molar refractivity (Wildman–Crippen MR) is 36.0 cm³/mol. The number of alkyl halides is 1. The Balaban J connectivity index is 2.64. The van der Waals surface area contributed by atoms with E-state index in [1.54, 1.807) is 0 Å². The van der Waals surface area contributed by atoms with Crippen LogP contribution in [0.3, 0.4) is 0 Å². The highest BCUT2D eigenvalue weighted by Crippen LogP contribution is 2.21. The fourth-order valence-corrected chi connectivity index (χ4v) is 3.33. The maximum Gasteiger partial charge on any atom is 0.154 e. The summed E-state index contributed by atoms with van der Waals surface area (Å²) >= 11 is 3.12. The van der Waals surface area contributed by atoms with Crippen LogP contribution in [-0.4, -0.2) is 24.8 Å². The predicted octanol–water partition coefficient (Wildman–Crippen LogP) is 0.568. The molecule has 4 heteroatoms. The monoisotopic (exact) mass is 198 g/mol. The summed E-state index contributed by atoms with van der Waals surface area (Å²) in [7, 11) is -2.62. The fourth-order valence-electron chi connectivity index (χ4n) is 0.650. The molecule has 0 saturated carbocycles. The molecule has 2 nitrogen and oxygen atoms in total. The standard InChI is InChI=1S/C4H7BrO2S/c5-3-4-1-2-8(4,6)7/h4H,1-3H2. The zero-order valence-electron chi connectivity index (χ0n) is 4.30. The van der Waals surface area contributed by atoms with Crippen LogP contribution >= 0.6 is 15.9 Å². The van der Waals surface area contributed by atoms with Crippen LogP contribution in [0.25, 0.3) is 0 Å². The van der Waals surface area contributed by atoms with Crippen molar-refractivity contribution in [3.63, 3.8) is 0 Å². The average molecular weight is 199 g/mol. The van der Waals surface area contributed by atoms with Gasteiger partial charge >= 0.3 is 0 Å². The third-order valence-electron chi connectivity index (χ3n) is 1.40. The lowest BCUT2D eigenvalue weighted by molar-refractivity contribution is 0.559. The number of halogens is 1. The lowest BCUT2D eigenvalue weighted by Crippen LogP contribution is -2.37. The highest BCUT2D eigenvalue weighted by molar-refractivity contribution is 9.09. The van der Waals surface area contributed by atoms with E-state index in [0.29, 0.717) is 11.1 Å². The first-order valence-electron chi connectivity index (χ1n) is 2.44. The van der Waals surface area contributed by atoms with Gasteiger partial charge in [-0.1, -0.05) is 15.9 Å². The third-order valence-corrected chi connectivity index (χ3v) is 4.84. The van der Waals surface area contributed by atoms with Gasteiger partial charge in [-0.05, 0) is 6.42 Å². The van der Waals surface area contributed by atoms with Crippen LogP contribution in [0.15, 0.2) is 0 Å². The minimum atomic E-state index is -2.62. The molecular weight excluding hydrogens is 192 g/mol. The second-order valence-electron chi connectivity index (χ2n) is 1.93. The molecule has 0 aromatic heterocycles. The van der Waals surface area contributed by atoms with Crippen molar-refractivity contribution in [2.75, 3.05) is 11.1 Å². The zero-order chi connectivity index (χ0) is 6.20. The average Bonchev–Trinajstić information content (AvgIpc) is 1.66. The molecule has 1 heterocycles. The Kier molecular flexibility index (Phi) is 1.63. The van der Waals surface area contributed by atoms with Crippen molar-refractivity contribution in [3.05, 3.63) is 0 Å². The first-order chi connectivity index (χ1) is 3.67. The third kappa shape index (κ3) is 0.910. The summed E-state index contributed by atoms with van der Waals surface area (Å²) in [6, 6.07) is 0. The van der Waals surface area contributed by atoms with E-state index in [1.165, 1.54) is 0 Å². The van der Waals surface area contributed by atoms with Gasteiger partial charge in [-0.2, -0.15) is 0 Å². The van der Waals surface area contributed by atoms with E-state index in [2.05, 4.69) is 15.9 Å². The molecule has 0 N–H and O–H groups in total. The van der Waals surface area contributed by atoms with E-state index in [9.17, 15) is 8.42 Å². The topological polar surface area (TPSA) is 34.1 Å². The van der Waals surface area contributed by atoms with E-state index >= 15 is 0 Å². The largest absolute Gasteiger partial charge is 0.229 e. The number of sulfone groups is 1. The molecule has 0 amide bonds. The van der Waals surface area contributed by atoms with Gasteiger partial charge in [0.25, 0.3) is 0 Å². The van der Waals surface area contributed by atoms with Crippen LogP contribution in [0.4, 0.5) is 0 Å². The van der Waals surface area contributed by atoms with Crippen LogP contribution in [0.1, 0.15) is 6.42 Å². The van der Waals surface area contributed by atoms with Crippen molar-refractivity contribution in [2.45, 2.75) is 11.7 Å². The summed E-state index contributed by atoms with van der Waals surface area (Å²) in [6.07, 6.45) is 0.841. The maximum absolute atomic E-state index is 10.6. The van der Waals surface area contributed by atoms with Crippen molar-refractivity contribution in [2.24, 2.45) is 0 Å². The molecule has 0 radical (unpaired) electrons. The second-order valence-corrected chi connectivity index (χ2v) is 4.98. The molecular formula is C4H7BrO2S. The van der Waals surface area contributed by atoms with Crippen molar-refractivity contribution >= 4 is 25.8 Å². The highest BCUT2D eigenvalue weighted by atomic mass is 79.9. The molecule has 0 aromatic rings. The smallest absolute Gasteiger partial charge is 0.154 e. The Morgan fingerprint density at radius 1 is 1.62 bits per heavy atom. The van der Waals surface area contributed by atoms with Crippen LogP contribution < -0.4 is 0 Å². The zero-order valence-corrected chi connectivity index (χ0v) is 6.70. The summed E-state index contributed by atoms with van der Waals surface area (Å²) in [5.41, 5.74) is 0. The first kappa shape index (κ1) is 6.55. The van der Waals surface area contributed by atoms with Crippen molar-refractivity contribution < 1.29 is 8.42 Å². The van der Waals surface area contributed by atoms with Gasteiger partial charge in [0.05, 0.1) is 11.0 Å². The Bertz CT molecular complexity index is 170. The second kappa shape index (κ2) is 1.99. The van der Waals surface area contributed by atoms with E-state index in [-0.39, 0.29) is 5.25 Å². The molecule has 1 rings (SSSR count). The first-order valence-corrected chi connectivity index (χ1v) is 5.28. The summed E-state index contributed by atoms with van der Waals surface area (Å²) in [5, 5.41) is 0.525. The molecule has 1 aliphatic rings. The molecule has 1 fully saturated rings. The Hall–Kier alpha value is 0.430. The molecule has 1 unspecified atom stereocenters. The van der Waals surface area contributed by atoms with Gasteiger partial charge in [0.2, 0.25) is 0 Å². The quantitative estimate of drug-likeness (QED) is 0.578. The molecule has 48 valence electrons. The SMILES string of the molecule is O=S1(=O)CCC1CBr. The molecule has 1 aliphatic heterocycles. The minimum Gasteiger partial charge on any atom is -0.229 e. The van der Waals surface area contributed by atoms with E-state index in [4.69, 9.17) is 0 Å². The maximum atomic E-state index is 10.6. The summed E-state index contributed by atoms with van der Waals surface area (Å²) in [6.45, 7) is 0. The lowest BCUT2D eigenvalue weighted by atomic mass is 10.3. The summed E-state index contributed by atoms with van der Waals surface area (Å²) < 4.78 is 21.2. The highest BCUT2D eigenvalue weighted by Gasteiger charge is 2.33. The van der Waals surface area contributed by atoms with Crippen LogP contribution in [-0.2, 0) is 9.84 Å². The number of rotatable bonds is 1. The Morgan fingerprint density at radius 3 is 2.25 bits per heavy atom. The van der Waals surface area contributed by atoms with E-state index in [0.717, 1.165) is 6.42 Å². The van der Waals surface area contributed by atoms with Gasteiger partial charge in [0.1, 0.15) is 0 Å². The summed E-state index contributed by atoms with van der Waals surface area (Å²) in [4.78, 5) is 0. The van der Waals surface area contributed by atoms with Gasteiger partial charge < -0.3 is 0 Å². The van der Waals surface area contributed by atoms with Crippen LogP contribution in [0.2, 0.25) is 0 Å².